The van der Waals surface area contributed by atoms with Gasteiger partial charge in [-0.1, -0.05) is 42.5 Å². The number of rotatable bonds is 4. The average Bonchev–Trinajstić information content (AvgIpc) is 2.88. The molecule has 0 spiro atoms. The van der Waals surface area contributed by atoms with Crippen LogP contribution in [-0.4, -0.2) is 29.8 Å². The van der Waals surface area contributed by atoms with E-state index in [1.807, 2.05) is 30.2 Å². The minimum absolute atomic E-state index is 0.00538. The Labute approximate surface area is 125 Å². The topological polar surface area (TPSA) is 38.8 Å². The highest BCUT2D eigenvalue weighted by Crippen LogP contribution is 2.38. The number of carbonyl (C=O) groups excluding carboxylic acids is 1. The molecule has 0 saturated carbocycles. The molecule has 1 aromatic carbocycles. The Hall–Kier alpha value is -1.65. The number of hydrogen-bond acceptors (Lipinski definition) is 4. The number of fused-ring (bicyclic) bond motifs is 2. The predicted molar refractivity (Wildman–Crippen MR) is 79.2 cm³/mol. The minimum Gasteiger partial charge on any atom is -0.465 e. The van der Waals surface area contributed by atoms with Crippen molar-refractivity contribution in [2.24, 2.45) is 5.92 Å². The van der Waals surface area contributed by atoms with E-state index in [2.05, 4.69) is 31.2 Å². The zero-order valence-corrected chi connectivity index (χ0v) is 12.4. The van der Waals surface area contributed by atoms with Crippen molar-refractivity contribution in [3.8, 4) is 0 Å². The predicted octanol–water partition coefficient (Wildman–Crippen LogP) is 2.87. The highest BCUT2D eigenvalue weighted by molar-refractivity contribution is 5.76. The van der Waals surface area contributed by atoms with Gasteiger partial charge in [-0.25, -0.2) is 0 Å². The lowest BCUT2D eigenvalue weighted by Crippen LogP contribution is -2.51. The molecule has 1 saturated heterocycles. The average molecular weight is 287 g/mol. The van der Waals surface area contributed by atoms with Crippen LogP contribution in [0.4, 0.5) is 0 Å². The third-order valence-electron chi connectivity index (χ3n) is 4.21. The summed E-state index contributed by atoms with van der Waals surface area (Å²) >= 11 is 0. The Morgan fingerprint density at radius 3 is 2.86 bits per heavy atom. The Bertz CT molecular complexity index is 528. The molecule has 1 aliphatic heterocycles. The number of hydrogen-bond donors (Lipinski definition) is 0. The first-order valence-electron chi connectivity index (χ1n) is 7.55. The molecule has 1 heterocycles. The second-order valence-corrected chi connectivity index (χ2v) is 5.57. The van der Waals surface area contributed by atoms with Crippen LogP contribution in [0.1, 0.15) is 31.9 Å². The van der Waals surface area contributed by atoms with Crippen LogP contribution in [0.2, 0.25) is 0 Å². The first-order valence-corrected chi connectivity index (χ1v) is 7.55. The molecule has 0 amide bonds. The molecule has 3 rings (SSSR count). The molecule has 112 valence electrons. The third kappa shape index (κ3) is 2.74. The highest BCUT2D eigenvalue weighted by atomic mass is 16.7. The molecule has 0 N–H and O–H groups in total. The monoisotopic (exact) mass is 287 g/mol. The van der Waals surface area contributed by atoms with Gasteiger partial charge in [-0.15, -0.1) is 0 Å². The van der Waals surface area contributed by atoms with Crippen molar-refractivity contribution < 1.29 is 14.4 Å². The third-order valence-corrected chi connectivity index (χ3v) is 4.21. The Morgan fingerprint density at radius 1 is 1.38 bits per heavy atom. The number of benzene rings is 1. The summed E-state index contributed by atoms with van der Waals surface area (Å²) in [7, 11) is 0. The Kier molecular flexibility index (Phi) is 4.08. The van der Waals surface area contributed by atoms with E-state index in [4.69, 9.17) is 9.57 Å². The van der Waals surface area contributed by atoms with Crippen LogP contribution >= 0.6 is 0 Å². The van der Waals surface area contributed by atoms with Crippen molar-refractivity contribution in [1.29, 1.82) is 0 Å². The van der Waals surface area contributed by atoms with Crippen LogP contribution in [0.3, 0.4) is 0 Å². The summed E-state index contributed by atoms with van der Waals surface area (Å²) < 4.78 is 5.25. The van der Waals surface area contributed by atoms with E-state index in [0.29, 0.717) is 6.61 Å². The van der Waals surface area contributed by atoms with Gasteiger partial charge < -0.3 is 4.74 Å². The summed E-state index contributed by atoms with van der Waals surface area (Å²) in [6, 6.07) is 9.74. The number of ether oxygens (including phenoxy) is 1. The van der Waals surface area contributed by atoms with Crippen molar-refractivity contribution in [2.75, 3.05) is 6.61 Å². The van der Waals surface area contributed by atoms with Gasteiger partial charge in [0, 0.05) is 5.92 Å². The van der Waals surface area contributed by atoms with Gasteiger partial charge in [-0.2, -0.15) is 5.06 Å². The molecule has 2 bridgehead atoms. The molecule has 0 radical (unpaired) electrons. The zero-order chi connectivity index (χ0) is 14.8. The molecule has 4 nitrogen and oxygen atoms in total. The molecule has 0 aromatic heterocycles. The summed E-state index contributed by atoms with van der Waals surface area (Å²) in [5, 5.41) is 1.83. The van der Waals surface area contributed by atoms with Crippen LogP contribution in [0, 0.1) is 5.92 Å². The molecular formula is C17H21NO3. The largest absolute Gasteiger partial charge is 0.465 e. The van der Waals surface area contributed by atoms with Gasteiger partial charge in [-0.05, 0) is 25.8 Å². The fourth-order valence-corrected chi connectivity index (χ4v) is 3.13. The number of esters is 1. The lowest BCUT2D eigenvalue weighted by molar-refractivity contribution is -0.262. The van der Waals surface area contributed by atoms with E-state index in [1.165, 1.54) is 0 Å². The van der Waals surface area contributed by atoms with Gasteiger partial charge in [-0.3, -0.25) is 9.63 Å². The minimum atomic E-state index is -0.366. The fraction of sp³-hybridized carbons (Fsp3) is 0.471. The van der Waals surface area contributed by atoms with E-state index in [1.54, 1.807) is 0 Å². The molecule has 21 heavy (non-hydrogen) atoms. The lowest BCUT2D eigenvalue weighted by Gasteiger charge is -2.41. The fourth-order valence-electron chi connectivity index (χ4n) is 3.13. The van der Waals surface area contributed by atoms with E-state index in [-0.39, 0.29) is 30.1 Å². The van der Waals surface area contributed by atoms with Crippen molar-refractivity contribution in [2.45, 2.75) is 38.5 Å². The molecular weight excluding hydrogens is 266 g/mol. The molecule has 1 aliphatic carbocycles. The van der Waals surface area contributed by atoms with Crippen molar-refractivity contribution in [3.05, 3.63) is 48.0 Å². The molecule has 4 heteroatoms. The summed E-state index contributed by atoms with van der Waals surface area (Å²) in [6.45, 7) is 4.29. The first kappa shape index (κ1) is 14.3. The lowest BCUT2D eigenvalue weighted by atomic mass is 9.95. The Balaban J connectivity index is 1.86. The van der Waals surface area contributed by atoms with Crippen LogP contribution in [0.15, 0.2) is 42.5 Å². The smallest absolute Gasteiger partial charge is 0.326 e. The second kappa shape index (κ2) is 6.00. The van der Waals surface area contributed by atoms with Gasteiger partial charge in [0.2, 0.25) is 0 Å². The van der Waals surface area contributed by atoms with Crippen LogP contribution in [0.25, 0.3) is 0 Å². The maximum absolute atomic E-state index is 12.4. The molecule has 1 fully saturated rings. The first-order chi connectivity index (χ1) is 10.2. The van der Waals surface area contributed by atoms with Gasteiger partial charge in [0.15, 0.2) is 0 Å². The summed E-state index contributed by atoms with van der Waals surface area (Å²) in [4.78, 5) is 18.4. The van der Waals surface area contributed by atoms with Gasteiger partial charge in [0.1, 0.15) is 6.04 Å². The van der Waals surface area contributed by atoms with E-state index < -0.39 is 0 Å². The SMILES string of the molecule is CCOC(=O)[C@@H]1[C@H]2C=C[C@H](C2)ON1[C@@H](C)c1ccccc1. The second-order valence-electron chi connectivity index (χ2n) is 5.57. The maximum Gasteiger partial charge on any atom is 0.326 e. The quantitative estimate of drug-likeness (QED) is 0.630. The maximum atomic E-state index is 12.4. The molecule has 2 aliphatic rings. The van der Waals surface area contributed by atoms with E-state index in [9.17, 15) is 4.79 Å². The standard InChI is InChI=1S/C17H21NO3/c1-3-20-17(19)16-14-9-10-15(11-14)21-18(16)12(2)13-7-5-4-6-8-13/h4-10,12,14-16H,3,11H2,1-2H3/t12-,14-,15+,16-/m0/s1. The van der Waals surface area contributed by atoms with Crippen molar-refractivity contribution in [1.82, 2.24) is 5.06 Å². The molecule has 0 unspecified atom stereocenters. The zero-order valence-electron chi connectivity index (χ0n) is 12.4. The Morgan fingerprint density at radius 2 is 2.14 bits per heavy atom. The normalized spacial score (nSPS) is 29.3. The van der Waals surface area contributed by atoms with Crippen molar-refractivity contribution in [3.63, 3.8) is 0 Å². The van der Waals surface area contributed by atoms with E-state index in [0.717, 1.165) is 12.0 Å². The molecule has 4 atom stereocenters. The van der Waals surface area contributed by atoms with Crippen LogP contribution in [-0.2, 0) is 14.4 Å². The summed E-state index contributed by atoms with van der Waals surface area (Å²) in [5.74, 6) is -0.0238. The van der Waals surface area contributed by atoms with E-state index >= 15 is 0 Å². The van der Waals surface area contributed by atoms with Gasteiger partial charge >= 0.3 is 5.97 Å². The molecule has 1 aromatic rings. The van der Waals surface area contributed by atoms with Gasteiger partial charge in [0.25, 0.3) is 0 Å². The number of hydroxylamine groups is 2. The van der Waals surface area contributed by atoms with Gasteiger partial charge in [0.05, 0.1) is 18.8 Å². The van der Waals surface area contributed by atoms with Crippen LogP contribution < -0.4 is 0 Å². The number of nitrogens with zero attached hydrogens (tertiary/aromatic N) is 1. The summed E-state index contributed by atoms with van der Waals surface area (Å²) in [6.07, 6.45) is 5.08. The highest BCUT2D eigenvalue weighted by Gasteiger charge is 2.45. The van der Waals surface area contributed by atoms with Crippen molar-refractivity contribution >= 4 is 5.97 Å². The van der Waals surface area contributed by atoms with Crippen LogP contribution in [0.5, 0.6) is 0 Å². The number of carbonyl (C=O) groups is 1. The summed E-state index contributed by atoms with van der Waals surface area (Å²) in [5.41, 5.74) is 1.13.